The Labute approximate surface area is 389 Å². The average Bonchev–Trinajstić information content (AvgIpc) is 3.18. The Hall–Kier alpha value is -1.60. The van der Waals surface area contributed by atoms with E-state index in [0.717, 1.165) is 78.0 Å². The molecule has 0 unspecified atom stereocenters. The van der Waals surface area contributed by atoms with Gasteiger partial charge in [0.05, 0.1) is 13.2 Å². The zero-order valence-electron chi connectivity index (χ0n) is 32.7. The number of hydrogen-bond acceptors (Lipinski definition) is 4. The molecule has 302 valence electrons. The van der Waals surface area contributed by atoms with Gasteiger partial charge < -0.3 is 36.7 Å². The number of aliphatic carboxylic acids is 1. The fraction of sp³-hybridized carbons (Fsp3) is 0.370. The van der Waals surface area contributed by atoms with Gasteiger partial charge in [0.25, 0.3) is 0 Å². The van der Waals surface area contributed by atoms with Crippen molar-refractivity contribution in [3.8, 4) is 0 Å². The molecule has 2 N–H and O–H groups in total. The summed E-state index contributed by atoms with van der Waals surface area (Å²) in [5, 5.41) is 17.0. The Balaban J connectivity index is 0. The number of carboxylic acids is 1. The van der Waals surface area contributed by atoms with E-state index in [1.807, 2.05) is 48.5 Å². The molecule has 4 aromatic rings. The van der Waals surface area contributed by atoms with Gasteiger partial charge in [-0.1, -0.05) is 103 Å². The topological polar surface area (TPSA) is 76.0 Å². The molecule has 0 aliphatic carbocycles. The van der Waals surface area contributed by atoms with Gasteiger partial charge in [-0.2, -0.15) is 35.9 Å². The normalized spacial score (nSPS) is 9.71. The molecule has 0 atom stereocenters. The number of carbonyl (C=O) groups is 1. The number of aliphatic hydroxyl groups excluding tert-OH is 1. The summed E-state index contributed by atoms with van der Waals surface area (Å²) >= 11 is 10.2. The second-order valence-corrected chi connectivity index (χ2v) is 15.1. The van der Waals surface area contributed by atoms with Crippen LogP contribution in [0.15, 0.2) is 136 Å². The number of unbranched alkanes of at least 4 members (excludes halogenated alkanes) is 3. The quantitative estimate of drug-likeness (QED) is 0.0356. The Kier molecular flexibility index (Phi) is 40.5. The van der Waals surface area contributed by atoms with E-state index in [1.54, 1.807) is 12.2 Å². The van der Waals surface area contributed by atoms with Crippen molar-refractivity contribution in [1.82, 2.24) is 0 Å². The van der Waals surface area contributed by atoms with Crippen molar-refractivity contribution in [3.63, 3.8) is 0 Å². The predicted octanol–water partition coefficient (Wildman–Crippen LogP) is 9.23. The third-order valence-electron chi connectivity index (χ3n) is 7.74. The van der Waals surface area contributed by atoms with Gasteiger partial charge in [0.1, 0.15) is 0 Å². The van der Waals surface area contributed by atoms with Gasteiger partial charge in [-0.05, 0) is 117 Å². The maximum Gasteiger partial charge on any atom is 2.00 e. The summed E-state index contributed by atoms with van der Waals surface area (Å²) in [5.41, 5.74) is 5.30. The van der Waals surface area contributed by atoms with E-state index in [0.29, 0.717) is 26.2 Å². The van der Waals surface area contributed by atoms with Crippen LogP contribution in [0, 0.1) is 6.07 Å². The number of halogens is 4. The van der Waals surface area contributed by atoms with Crippen LogP contribution in [0.4, 0.5) is 0 Å². The molecular formula is C46H58Br4MgO5. The van der Waals surface area contributed by atoms with E-state index < -0.39 is 5.97 Å². The van der Waals surface area contributed by atoms with Crippen molar-refractivity contribution in [2.75, 3.05) is 33.0 Å². The van der Waals surface area contributed by atoms with Crippen LogP contribution in [-0.2, 0) is 40.0 Å². The Morgan fingerprint density at radius 2 is 0.911 bits per heavy atom. The third-order valence-corrected chi connectivity index (χ3v) is 9.32. The Morgan fingerprint density at radius 1 is 0.571 bits per heavy atom. The van der Waals surface area contributed by atoms with Crippen molar-refractivity contribution in [2.24, 2.45) is 0 Å². The molecule has 4 aromatic carbocycles. The summed E-state index contributed by atoms with van der Waals surface area (Å²) in [6.45, 7) is 10.5. The second-order valence-electron chi connectivity index (χ2n) is 12.4. The van der Waals surface area contributed by atoms with Crippen molar-refractivity contribution in [3.05, 3.63) is 164 Å². The van der Waals surface area contributed by atoms with Crippen LogP contribution in [0.25, 0.3) is 0 Å². The maximum absolute atomic E-state index is 10.2. The van der Waals surface area contributed by atoms with Gasteiger partial charge >= 0.3 is 29.0 Å². The van der Waals surface area contributed by atoms with Crippen molar-refractivity contribution in [1.29, 1.82) is 0 Å². The van der Waals surface area contributed by atoms with Gasteiger partial charge in [0.15, 0.2) is 0 Å². The molecule has 0 radical (unpaired) electrons. The summed E-state index contributed by atoms with van der Waals surface area (Å²) in [6.07, 6.45) is 15.2. The maximum atomic E-state index is 10.2. The molecule has 10 heteroatoms. The molecule has 0 bridgehead atoms. The minimum absolute atomic E-state index is 0. The molecule has 0 heterocycles. The zero-order valence-corrected chi connectivity index (χ0v) is 40.4. The minimum atomic E-state index is -0.725. The number of benzene rings is 4. The smallest absolute Gasteiger partial charge is 1.00 e. The summed E-state index contributed by atoms with van der Waals surface area (Å²) in [5.74, 6) is -0.725. The van der Waals surface area contributed by atoms with Crippen molar-refractivity contribution < 1.29 is 41.5 Å². The van der Waals surface area contributed by atoms with E-state index >= 15 is 0 Å². The van der Waals surface area contributed by atoms with Gasteiger partial charge in [-0.3, -0.25) is 4.79 Å². The SMILES string of the molecule is C=CCOCCCCc1cc[c-]cc1.C=CCOCCCCc1ccc(Br)cc1.O=C(O)CCCc1ccc(Br)cc1.OCCCCc1ccc(Br)cc1.[Br-].[Mg+2]. The summed E-state index contributed by atoms with van der Waals surface area (Å²) in [6, 6.07) is 35.9. The number of ether oxygens (including phenoxy) is 2. The molecule has 0 aliphatic rings. The molecule has 5 nitrogen and oxygen atoms in total. The molecule has 0 spiro atoms. The van der Waals surface area contributed by atoms with Gasteiger partial charge in [0.2, 0.25) is 0 Å². The van der Waals surface area contributed by atoms with E-state index in [2.05, 4.69) is 116 Å². The monoisotopic (exact) mass is 1030 g/mol. The fourth-order valence-electron chi connectivity index (χ4n) is 4.83. The molecule has 0 aliphatic heterocycles. The Bertz CT molecular complexity index is 1490. The van der Waals surface area contributed by atoms with Crippen LogP contribution in [-0.4, -0.2) is 72.3 Å². The number of carboxylic acid groups (broad SMARTS) is 1. The standard InChI is InChI=1S/C13H17BrO.C13H17O.C10H11BrO2.C10H13BrO.BrH.Mg/c1-2-10-15-11-4-3-5-12-6-8-13(14)9-7-12;1-2-11-14-12-7-6-10-13-8-4-3-5-9-13;11-9-6-4-8(5-7-9)2-1-3-10(12)13;11-10-6-4-9(5-7-10)3-1-2-8-12;;/h2,6-9H,1,3-5,10-11H2;2,4-5,8-9H,1,6-7,10-12H2;4-7H,1-3H2,(H,12,13);4-7,12H,1-3,8H2;1H;/q;-1;;;;+2/p-1. The first-order valence-corrected chi connectivity index (χ1v) is 21.0. The molecule has 0 saturated heterocycles. The Morgan fingerprint density at radius 3 is 1.25 bits per heavy atom. The molecule has 4 rings (SSSR count). The van der Waals surface area contributed by atoms with E-state index in [-0.39, 0.29) is 46.5 Å². The van der Waals surface area contributed by atoms with Crippen LogP contribution in [0.1, 0.15) is 73.6 Å². The third kappa shape index (κ3) is 34.4. The molecule has 0 aromatic heterocycles. The number of aliphatic hydroxyl groups is 1. The van der Waals surface area contributed by atoms with Gasteiger partial charge in [0, 0.05) is 39.7 Å². The number of hydrogen-bond donors (Lipinski definition) is 2. The largest absolute Gasteiger partial charge is 2.00 e. The van der Waals surface area contributed by atoms with Gasteiger partial charge in [-0.25, -0.2) is 0 Å². The van der Waals surface area contributed by atoms with E-state index in [1.165, 1.54) is 35.1 Å². The van der Waals surface area contributed by atoms with E-state index in [4.69, 9.17) is 19.7 Å². The first kappa shape index (κ1) is 56.5. The fourth-order valence-corrected chi connectivity index (χ4v) is 5.62. The first-order valence-electron chi connectivity index (χ1n) is 18.7. The van der Waals surface area contributed by atoms with Crippen molar-refractivity contribution >= 4 is 76.8 Å². The summed E-state index contributed by atoms with van der Waals surface area (Å²) in [4.78, 5) is 10.2. The van der Waals surface area contributed by atoms with Crippen molar-refractivity contribution in [2.45, 2.75) is 77.0 Å². The van der Waals surface area contributed by atoms with Crippen LogP contribution >= 0.6 is 47.8 Å². The number of aryl methyl sites for hydroxylation is 4. The van der Waals surface area contributed by atoms with Gasteiger partial charge in [-0.15, -0.1) is 13.2 Å². The number of rotatable bonds is 22. The zero-order chi connectivity index (χ0) is 39.5. The minimum Gasteiger partial charge on any atom is -1.00 e. The molecule has 0 fully saturated rings. The van der Waals surface area contributed by atoms with E-state index in [9.17, 15) is 4.79 Å². The van der Waals surface area contributed by atoms with Crippen LogP contribution in [0.3, 0.4) is 0 Å². The molecular weight excluding hydrogens is 976 g/mol. The second kappa shape index (κ2) is 40.2. The molecule has 0 amide bonds. The van der Waals surface area contributed by atoms with Crippen LogP contribution < -0.4 is 17.0 Å². The van der Waals surface area contributed by atoms with Crippen LogP contribution in [0.5, 0.6) is 0 Å². The first-order chi connectivity index (χ1) is 26.3. The molecule has 0 saturated carbocycles. The average molecular weight is 1030 g/mol. The predicted molar refractivity (Wildman–Crippen MR) is 242 cm³/mol. The summed E-state index contributed by atoms with van der Waals surface area (Å²) < 4.78 is 13.9. The molecule has 56 heavy (non-hydrogen) atoms. The van der Waals surface area contributed by atoms with Crippen LogP contribution in [0.2, 0.25) is 0 Å². The summed E-state index contributed by atoms with van der Waals surface area (Å²) in [7, 11) is 0.